The molecule has 2 rings (SSSR count). The summed E-state index contributed by atoms with van der Waals surface area (Å²) in [7, 11) is 4.00. The average Bonchev–Trinajstić information content (AvgIpc) is 2.47. The highest BCUT2D eigenvalue weighted by Crippen LogP contribution is 2.23. The lowest BCUT2D eigenvalue weighted by Crippen LogP contribution is -2.43. The third-order valence-electron chi connectivity index (χ3n) is 3.96. The summed E-state index contributed by atoms with van der Waals surface area (Å²) in [6, 6.07) is 8.14. The normalized spacial score (nSPS) is 18.9. The van der Waals surface area contributed by atoms with Gasteiger partial charge in [-0.15, -0.1) is 11.6 Å². The first-order valence-electron chi connectivity index (χ1n) is 7.28. The minimum Gasteiger partial charge on any atom is -0.378 e. The molecule has 1 amide bonds. The molecule has 0 aromatic heterocycles. The zero-order chi connectivity index (χ0) is 14.5. The molecule has 1 aliphatic heterocycles. The number of amides is 1. The molecule has 1 fully saturated rings. The van der Waals surface area contributed by atoms with Crippen molar-refractivity contribution in [3.05, 3.63) is 29.8 Å². The Kier molecular flexibility index (Phi) is 5.30. The number of carbonyl (C=O) groups excluding carboxylic acids is 1. The summed E-state index contributed by atoms with van der Waals surface area (Å²) < 4.78 is 0. The zero-order valence-corrected chi connectivity index (χ0v) is 13.1. The molecule has 0 aliphatic carbocycles. The summed E-state index contributed by atoms with van der Waals surface area (Å²) in [6.45, 7) is 0.857. The van der Waals surface area contributed by atoms with Crippen LogP contribution in [-0.2, 0) is 0 Å². The molecule has 1 aromatic rings. The smallest absolute Gasteiger partial charge is 0.254 e. The maximum absolute atomic E-state index is 12.6. The monoisotopic (exact) mass is 294 g/mol. The Morgan fingerprint density at radius 1 is 1.30 bits per heavy atom. The predicted octanol–water partition coefficient (Wildman–Crippen LogP) is 3.38. The third kappa shape index (κ3) is 3.45. The SMILES string of the molecule is CN(C)c1ccc(C(=O)N2CCCCC2CCCl)cc1. The van der Waals surface area contributed by atoms with Gasteiger partial charge < -0.3 is 9.80 Å². The van der Waals surface area contributed by atoms with Crippen LogP contribution in [-0.4, -0.2) is 43.4 Å². The highest BCUT2D eigenvalue weighted by molar-refractivity contribution is 6.17. The van der Waals surface area contributed by atoms with Gasteiger partial charge in [0.1, 0.15) is 0 Å². The number of alkyl halides is 1. The van der Waals surface area contributed by atoms with Crippen molar-refractivity contribution >= 4 is 23.2 Å². The largest absolute Gasteiger partial charge is 0.378 e. The minimum absolute atomic E-state index is 0.144. The van der Waals surface area contributed by atoms with Crippen LogP contribution in [0, 0.1) is 0 Å². The van der Waals surface area contributed by atoms with Crippen molar-refractivity contribution in [2.75, 3.05) is 31.4 Å². The first kappa shape index (κ1) is 15.2. The highest BCUT2D eigenvalue weighted by atomic mass is 35.5. The van der Waals surface area contributed by atoms with Crippen molar-refractivity contribution in [3.8, 4) is 0 Å². The van der Waals surface area contributed by atoms with Crippen molar-refractivity contribution in [2.45, 2.75) is 31.7 Å². The number of halogens is 1. The van der Waals surface area contributed by atoms with Crippen LogP contribution < -0.4 is 4.90 Å². The average molecular weight is 295 g/mol. The number of benzene rings is 1. The summed E-state index contributed by atoms with van der Waals surface area (Å²) in [4.78, 5) is 16.7. The molecule has 4 heteroatoms. The number of hydrogen-bond acceptors (Lipinski definition) is 2. The maximum atomic E-state index is 12.6. The molecule has 0 radical (unpaired) electrons. The van der Waals surface area contributed by atoms with Crippen molar-refractivity contribution in [3.63, 3.8) is 0 Å². The van der Waals surface area contributed by atoms with Gasteiger partial charge in [0.25, 0.3) is 5.91 Å². The second-order valence-electron chi connectivity index (χ2n) is 5.57. The van der Waals surface area contributed by atoms with E-state index in [9.17, 15) is 4.79 Å². The van der Waals surface area contributed by atoms with Gasteiger partial charge in [-0.25, -0.2) is 0 Å². The fraction of sp³-hybridized carbons (Fsp3) is 0.562. The van der Waals surface area contributed by atoms with E-state index >= 15 is 0 Å². The van der Waals surface area contributed by atoms with E-state index in [1.165, 1.54) is 6.42 Å². The summed E-state index contributed by atoms with van der Waals surface area (Å²) >= 11 is 5.86. The van der Waals surface area contributed by atoms with Crippen molar-refractivity contribution in [2.24, 2.45) is 0 Å². The molecule has 1 aromatic carbocycles. The van der Waals surface area contributed by atoms with Crippen LogP contribution in [0.25, 0.3) is 0 Å². The Morgan fingerprint density at radius 3 is 2.60 bits per heavy atom. The van der Waals surface area contributed by atoms with Gasteiger partial charge in [-0.2, -0.15) is 0 Å². The number of nitrogens with zero attached hydrogens (tertiary/aromatic N) is 2. The van der Waals surface area contributed by atoms with E-state index in [-0.39, 0.29) is 5.91 Å². The first-order valence-corrected chi connectivity index (χ1v) is 7.81. The second-order valence-corrected chi connectivity index (χ2v) is 5.95. The Hall–Kier alpha value is -1.22. The number of rotatable bonds is 4. The Labute approximate surface area is 126 Å². The molecular weight excluding hydrogens is 272 g/mol. The summed E-state index contributed by atoms with van der Waals surface area (Å²) in [5.74, 6) is 0.763. The predicted molar refractivity (Wildman–Crippen MR) is 84.8 cm³/mol. The van der Waals surface area contributed by atoms with Crippen molar-refractivity contribution in [1.29, 1.82) is 0 Å². The van der Waals surface area contributed by atoms with Crippen LogP contribution in [0.5, 0.6) is 0 Å². The Bertz CT molecular complexity index is 442. The van der Waals surface area contributed by atoms with Gasteiger partial charge in [0.05, 0.1) is 0 Å². The molecule has 0 saturated carbocycles. The van der Waals surface area contributed by atoms with E-state index in [1.54, 1.807) is 0 Å². The van der Waals surface area contributed by atoms with Gasteiger partial charge in [-0.05, 0) is 49.9 Å². The fourth-order valence-electron chi connectivity index (χ4n) is 2.76. The molecule has 1 unspecified atom stereocenters. The molecule has 1 heterocycles. The fourth-order valence-corrected chi connectivity index (χ4v) is 3.01. The standard InChI is InChI=1S/C16H23ClN2O/c1-18(2)14-8-6-13(7-9-14)16(20)19-12-4-3-5-15(19)10-11-17/h6-9,15H,3-5,10-12H2,1-2H3. The first-order chi connectivity index (χ1) is 9.63. The van der Waals surface area contributed by atoms with E-state index < -0.39 is 0 Å². The van der Waals surface area contributed by atoms with Crippen LogP contribution in [0.15, 0.2) is 24.3 Å². The van der Waals surface area contributed by atoms with Crippen LogP contribution in [0.3, 0.4) is 0 Å². The molecule has 1 saturated heterocycles. The Balaban J connectivity index is 2.12. The van der Waals surface area contributed by atoms with E-state index in [1.807, 2.05) is 48.2 Å². The molecule has 110 valence electrons. The van der Waals surface area contributed by atoms with Gasteiger partial charge in [-0.1, -0.05) is 0 Å². The third-order valence-corrected chi connectivity index (χ3v) is 4.18. The van der Waals surface area contributed by atoms with Crippen LogP contribution >= 0.6 is 11.6 Å². The molecular formula is C16H23ClN2O. The zero-order valence-electron chi connectivity index (χ0n) is 12.3. The van der Waals surface area contributed by atoms with E-state index in [0.717, 1.165) is 37.1 Å². The minimum atomic E-state index is 0.144. The van der Waals surface area contributed by atoms with Crippen LogP contribution in [0.1, 0.15) is 36.0 Å². The van der Waals surface area contributed by atoms with Gasteiger partial charge in [0.15, 0.2) is 0 Å². The van der Waals surface area contributed by atoms with Gasteiger partial charge in [0, 0.05) is 43.8 Å². The number of hydrogen-bond donors (Lipinski definition) is 0. The number of anilines is 1. The lowest BCUT2D eigenvalue weighted by atomic mass is 9.98. The van der Waals surface area contributed by atoms with Crippen LogP contribution in [0.2, 0.25) is 0 Å². The van der Waals surface area contributed by atoms with Crippen molar-refractivity contribution < 1.29 is 4.79 Å². The molecule has 3 nitrogen and oxygen atoms in total. The highest BCUT2D eigenvalue weighted by Gasteiger charge is 2.26. The van der Waals surface area contributed by atoms with E-state index in [2.05, 4.69) is 0 Å². The van der Waals surface area contributed by atoms with Gasteiger partial charge >= 0.3 is 0 Å². The van der Waals surface area contributed by atoms with Crippen LogP contribution in [0.4, 0.5) is 5.69 Å². The maximum Gasteiger partial charge on any atom is 0.254 e. The van der Waals surface area contributed by atoms with Gasteiger partial charge in [0.2, 0.25) is 0 Å². The second kappa shape index (κ2) is 6.98. The molecule has 0 spiro atoms. The summed E-state index contributed by atoms with van der Waals surface area (Å²) in [5, 5.41) is 0. The summed E-state index contributed by atoms with van der Waals surface area (Å²) in [6.07, 6.45) is 4.27. The van der Waals surface area contributed by atoms with Crippen molar-refractivity contribution in [1.82, 2.24) is 4.90 Å². The number of piperidine rings is 1. The quantitative estimate of drug-likeness (QED) is 0.795. The van der Waals surface area contributed by atoms with E-state index in [0.29, 0.717) is 11.9 Å². The molecule has 0 N–H and O–H groups in total. The summed E-state index contributed by atoms with van der Waals surface area (Å²) in [5.41, 5.74) is 1.88. The number of likely N-dealkylation sites (tertiary alicyclic amines) is 1. The molecule has 20 heavy (non-hydrogen) atoms. The topological polar surface area (TPSA) is 23.6 Å². The molecule has 1 aliphatic rings. The molecule has 1 atom stereocenters. The van der Waals surface area contributed by atoms with E-state index in [4.69, 9.17) is 11.6 Å². The molecule has 0 bridgehead atoms. The lowest BCUT2D eigenvalue weighted by Gasteiger charge is -2.35. The lowest BCUT2D eigenvalue weighted by molar-refractivity contribution is 0.0609. The number of carbonyl (C=O) groups is 1. The Morgan fingerprint density at radius 2 is 2.00 bits per heavy atom. The van der Waals surface area contributed by atoms with Gasteiger partial charge in [-0.3, -0.25) is 4.79 Å².